The summed E-state index contributed by atoms with van der Waals surface area (Å²) in [5.41, 5.74) is 2.02. The Morgan fingerprint density at radius 2 is 1.68 bits per heavy atom. The maximum Gasteiger partial charge on any atom is 0.407 e. The Hall–Kier alpha value is -2.76. The molecule has 3 rings (SSSR count). The van der Waals surface area contributed by atoms with Crippen molar-refractivity contribution in [1.82, 2.24) is 9.88 Å². The molecule has 1 fully saturated rings. The molecule has 2 N–H and O–H groups in total. The number of hydrogen-bond acceptors (Lipinski definition) is 4. The number of aromatic hydroxyl groups is 1. The fourth-order valence-corrected chi connectivity index (χ4v) is 2.55. The summed E-state index contributed by atoms with van der Waals surface area (Å²) in [7, 11) is 0. The molecule has 2 heterocycles. The standard InChI is InChI=1S/C16H17N3O3/c20-14-3-1-12(2-4-14)13-5-6-17-15(11-13)18-7-9-19(10-8-18)16(21)22/h1-6,11,20H,7-10H2,(H,21,22). The van der Waals surface area contributed by atoms with E-state index in [-0.39, 0.29) is 5.75 Å². The van der Waals surface area contributed by atoms with Crippen LogP contribution in [0.3, 0.4) is 0 Å². The SMILES string of the molecule is O=C(O)N1CCN(c2cc(-c3ccc(O)cc3)ccn2)CC1. The fraction of sp³-hybridized carbons (Fsp3) is 0.250. The van der Waals surface area contributed by atoms with Crippen LogP contribution in [-0.2, 0) is 0 Å². The van der Waals surface area contributed by atoms with Crippen LogP contribution in [-0.4, -0.2) is 52.4 Å². The number of anilines is 1. The first kappa shape index (κ1) is 14.2. The number of phenols is 1. The van der Waals surface area contributed by atoms with Crippen molar-refractivity contribution in [2.24, 2.45) is 0 Å². The van der Waals surface area contributed by atoms with Crippen LogP contribution in [0.25, 0.3) is 11.1 Å². The number of rotatable bonds is 2. The molecule has 1 aromatic carbocycles. The first-order chi connectivity index (χ1) is 10.6. The van der Waals surface area contributed by atoms with Gasteiger partial charge in [-0.3, -0.25) is 0 Å². The molecule has 22 heavy (non-hydrogen) atoms. The van der Waals surface area contributed by atoms with Gasteiger partial charge < -0.3 is 20.0 Å². The summed E-state index contributed by atoms with van der Waals surface area (Å²) in [6.07, 6.45) is 0.881. The molecule has 1 aromatic heterocycles. The van der Waals surface area contributed by atoms with E-state index in [9.17, 15) is 9.90 Å². The molecule has 0 spiro atoms. The molecule has 0 bridgehead atoms. The highest BCUT2D eigenvalue weighted by Crippen LogP contribution is 2.25. The molecule has 1 aliphatic rings. The summed E-state index contributed by atoms with van der Waals surface area (Å²) in [6.45, 7) is 2.25. The lowest BCUT2D eigenvalue weighted by Crippen LogP contribution is -2.48. The van der Waals surface area contributed by atoms with Crippen molar-refractivity contribution in [1.29, 1.82) is 0 Å². The Kier molecular flexibility index (Phi) is 3.82. The summed E-state index contributed by atoms with van der Waals surface area (Å²) in [6, 6.07) is 10.9. The second-order valence-corrected chi connectivity index (χ2v) is 5.21. The van der Waals surface area contributed by atoms with Crippen LogP contribution >= 0.6 is 0 Å². The summed E-state index contributed by atoms with van der Waals surface area (Å²) in [5, 5.41) is 18.3. The van der Waals surface area contributed by atoms with E-state index in [0.717, 1.165) is 16.9 Å². The molecule has 0 unspecified atom stereocenters. The quantitative estimate of drug-likeness (QED) is 0.889. The van der Waals surface area contributed by atoms with E-state index in [1.807, 2.05) is 24.3 Å². The minimum atomic E-state index is -0.870. The van der Waals surface area contributed by atoms with Gasteiger partial charge in [-0.05, 0) is 35.4 Å². The van der Waals surface area contributed by atoms with E-state index in [4.69, 9.17) is 5.11 Å². The first-order valence-corrected chi connectivity index (χ1v) is 7.12. The number of hydrogen-bond donors (Lipinski definition) is 2. The molecule has 114 valence electrons. The van der Waals surface area contributed by atoms with Gasteiger partial charge in [-0.2, -0.15) is 0 Å². The Bertz CT molecular complexity index is 665. The highest BCUT2D eigenvalue weighted by molar-refractivity contribution is 5.68. The van der Waals surface area contributed by atoms with Gasteiger partial charge in [0.25, 0.3) is 0 Å². The van der Waals surface area contributed by atoms with Gasteiger partial charge in [0.05, 0.1) is 0 Å². The van der Waals surface area contributed by atoms with Gasteiger partial charge in [-0.15, -0.1) is 0 Å². The minimum Gasteiger partial charge on any atom is -0.508 e. The molecule has 1 aliphatic heterocycles. The van der Waals surface area contributed by atoms with Gasteiger partial charge in [0.1, 0.15) is 11.6 Å². The number of aromatic nitrogens is 1. The van der Waals surface area contributed by atoms with Gasteiger partial charge in [-0.25, -0.2) is 9.78 Å². The molecular weight excluding hydrogens is 282 g/mol. The molecular formula is C16H17N3O3. The van der Waals surface area contributed by atoms with Gasteiger partial charge in [0, 0.05) is 32.4 Å². The first-order valence-electron chi connectivity index (χ1n) is 7.12. The van der Waals surface area contributed by atoms with Crippen molar-refractivity contribution < 1.29 is 15.0 Å². The normalized spacial score (nSPS) is 14.9. The zero-order valence-electron chi connectivity index (χ0n) is 12.0. The molecule has 0 saturated carbocycles. The number of benzene rings is 1. The van der Waals surface area contributed by atoms with Crippen LogP contribution in [0, 0.1) is 0 Å². The van der Waals surface area contributed by atoms with Gasteiger partial charge >= 0.3 is 6.09 Å². The summed E-state index contributed by atoms with van der Waals surface area (Å²) < 4.78 is 0. The van der Waals surface area contributed by atoms with Crippen molar-refractivity contribution in [2.75, 3.05) is 31.1 Å². The Morgan fingerprint density at radius 3 is 2.32 bits per heavy atom. The third-order valence-corrected chi connectivity index (χ3v) is 3.82. The fourth-order valence-electron chi connectivity index (χ4n) is 2.55. The van der Waals surface area contributed by atoms with Crippen molar-refractivity contribution in [3.05, 3.63) is 42.6 Å². The highest BCUT2D eigenvalue weighted by atomic mass is 16.4. The second-order valence-electron chi connectivity index (χ2n) is 5.21. The van der Waals surface area contributed by atoms with Gasteiger partial charge in [0.15, 0.2) is 0 Å². The summed E-state index contributed by atoms with van der Waals surface area (Å²) in [5.74, 6) is 1.08. The predicted molar refractivity (Wildman–Crippen MR) is 83.1 cm³/mol. The molecule has 1 amide bonds. The molecule has 2 aromatic rings. The van der Waals surface area contributed by atoms with Gasteiger partial charge in [0.2, 0.25) is 0 Å². The topological polar surface area (TPSA) is 76.9 Å². The average Bonchev–Trinajstić information content (AvgIpc) is 2.56. The van der Waals surface area contributed by atoms with E-state index in [0.29, 0.717) is 26.2 Å². The summed E-state index contributed by atoms with van der Waals surface area (Å²) in [4.78, 5) is 18.8. The summed E-state index contributed by atoms with van der Waals surface area (Å²) >= 11 is 0. The van der Waals surface area contributed by atoms with Crippen LogP contribution in [0.2, 0.25) is 0 Å². The molecule has 6 heteroatoms. The van der Waals surface area contributed by atoms with E-state index < -0.39 is 6.09 Å². The number of phenolic OH excluding ortho intramolecular Hbond substituents is 1. The van der Waals surface area contributed by atoms with Crippen LogP contribution in [0.5, 0.6) is 5.75 Å². The Balaban J connectivity index is 1.77. The van der Waals surface area contributed by atoms with E-state index in [1.54, 1.807) is 18.3 Å². The maximum absolute atomic E-state index is 10.9. The average molecular weight is 299 g/mol. The lowest BCUT2D eigenvalue weighted by Gasteiger charge is -2.33. The monoisotopic (exact) mass is 299 g/mol. The van der Waals surface area contributed by atoms with Crippen LogP contribution in [0.1, 0.15) is 0 Å². The number of pyridine rings is 1. The number of nitrogens with zero attached hydrogens (tertiary/aromatic N) is 3. The van der Waals surface area contributed by atoms with Crippen molar-refractivity contribution >= 4 is 11.9 Å². The number of carboxylic acid groups (broad SMARTS) is 1. The molecule has 0 atom stereocenters. The van der Waals surface area contributed by atoms with Crippen LogP contribution in [0.4, 0.5) is 10.6 Å². The van der Waals surface area contributed by atoms with Crippen molar-refractivity contribution in [3.8, 4) is 16.9 Å². The Labute approximate surface area is 128 Å². The van der Waals surface area contributed by atoms with Crippen LogP contribution in [0.15, 0.2) is 42.6 Å². The zero-order valence-corrected chi connectivity index (χ0v) is 12.0. The smallest absolute Gasteiger partial charge is 0.407 e. The zero-order chi connectivity index (χ0) is 15.5. The lowest BCUT2D eigenvalue weighted by atomic mass is 10.1. The van der Waals surface area contributed by atoms with E-state index >= 15 is 0 Å². The van der Waals surface area contributed by atoms with Gasteiger partial charge in [-0.1, -0.05) is 12.1 Å². The molecule has 1 saturated heterocycles. The van der Waals surface area contributed by atoms with Crippen LogP contribution < -0.4 is 4.90 Å². The third kappa shape index (κ3) is 2.95. The van der Waals surface area contributed by atoms with E-state index in [1.165, 1.54) is 4.90 Å². The van der Waals surface area contributed by atoms with Crippen molar-refractivity contribution in [3.63, 3.8) is 0 Å². The lowest BCUT2D eigenvalue weighted by molar-refractivity contribution is 0.142. The molecule has 0 radical (unpaired) electrons. The minimum absolute atomic E-state index is 0.239. The number of amides is 1. The largest absolute Gasteiger partial charge is 0.508 e. The second kappa shape index (κ2) is 5.93. The number of carbonyl (C=O) groups is 1. The Morgan fingerprint density at radius 1 is 1.00 bits per heavy atom. The third-order valence-electron chi connectivity index (χ3n) is 3.82. The molecule has 0 aliphatic carbocycles. The van der Waals surface area contributed by atoms with E-state index in [2.05, 4.69) is 9.88 Å². The predicted octanol–water partition coefficient (Wildman–Crippen LogP) is 2.25. The molecule has 6 nitrogen and oxygen atoms in total. The maximum atomic E-state index is 10.9. The number of piperazine rings is 1. The van der Waals surface area contributed by atoms with Crippen molar-refractivity contribution in [2.45, 2.75) is 0 Å². The highest BCUT2D eigenvalue weighted by Gasteiger charge is 2.21.